The van der Waals surface area contributed by atoms with Gasteiger partial charge in [-0.1, -0.05) is 48.9 Å². The zero-order chi connectivity index (χ0) is 33.1. The molecule has 3 aromatic rings. The molecular formula is C36H48F3N5O2. The van der Waals surface area contributed by atoms with Gasteiger partial charge >= 0.3 is 6.18 Å². The number of rotatable bonds is 15. The van der Waals surface area contributed by atoms with Crippen LogP contribution in [0.2, 0.25) is 0 Å². The summed E-state index contributed by atoms with van der Waals surface area (Å²) in [5.41, 5.74) is 3.35. The molecule has 0 amide bonds. The van der Waals surface area contributed by atoms with E-state index in [0.717, 1.165) is 57.2 Å². The topological polar surface area (TPSA) is 62.8 Å². The highest BCUT2D eigenvalue weighted by Gasteiger charge is 2.35. The molecular weight excluding hydrogens is 591 g/mol. The van der Waals surface area contributed by atoms with Crippen LogP contribution in [0.4, 0.5) is 30.5 Å². The number of methoxy groups -OCH3 is 1. The van der Waals surface area contributed by atoms with Crippen LogP contribution < -0.4 is 15.0 Å². The van der Waals surface area contributed by atoms with E-state index in [1.807, 2.05) is 36.4 Å². The molecule has 7 nitrogen and oxygen atoms in total. The molecule has 0 bridgehead atoms. The first-order valence-corrected chi connectivity index (χ1v) is 16.1. The number of alkyl halides is 3. The van der Waals surface area contributed by atoms with Crippen molar-refractivity contribution in [2.24, 2.45) is 5.92 Å². The molecule has 46 heavy (non-hydrogen) atoms. The number of anilines is 3. The lowest BCUT2D eigenvalue weighted by Gasteiger charge is -2.35. The third-order valence-electron chi connectivity index (χ3n) is 8.68. The predicted molar refractivity (Wildman–Crippen MR) is 179 cm³/mol. The lowest BCUT2D eigenvalue weighted by atomic mass is 9.89. The summed E-state index contributed by atoms with van der Waals surface area (Å²) in [7, 11) is 5.81. The first-order chi connectivity index (χ1) is 22.0. The number of aromatic nitrogens is 2. The highest BCUT2D eigenvalue weighted by Crippen LogP contribution is 2.36. The van der Waals surface area contributed by atoms with Crippen molar-refractivity contribution in [3.05, 3.63) is 83.2 Å². The van der Waals surface area contributed by atoms with Gasteiger partial charge in [-0.25, -0.2) is 9.97 Å². The van der Waals surface area contributed by atoms with E-state index in [1.54, 1.807) is 7.11 Å². The minimum absolute atomic E-state index is 0.0221. The van der Waals surface area contributed by atoms with Crippen molar-refractivity contribution in [1.29, 1.82) is 0 Å². The highest BCUT2D eigenvalue weighted by atomic mass is 19.4. The minimum atomic E-state index is -4.56. The summed E-state index contributed by atoms with van der Waals surface area (Å²) in [5, 5.41) is 3.07. The van der Waals surface area contributed by atoms with Crippen LogP contribution in [0.25, 0.3) is 0 Å². The van der Waals surface area contributed by atoms with Gasteiger partial charge in [0.05, 0.1) is 30.7 Å². The van der Waals surface area contributed by atoms with E-state index in [-0.39, 0.29) is 24.7 Å². The number of allylic oxidation sites excluding steroid dienone is 1. The van der Waals surface area contributed by atoms with Gasteiger partial charge < -0.3 is 24.6 Å². The third kappa shape index (κ3) is 10.2. The van der Waals surface area contributed by atoms with Crippen LogP contribution in [0, 0.1) is 5.92 Å². The Hall–Kier alpha value is -3.63. The maximum atomic E-state index is 13.8. The Morgan fingerprint density at radius 2 is 1.85 bits per heavy atom. The van der Waals surface area contributed by atoms with Crippen molar-refractivity contribution in [1.82, 2.24) is 14.9 Å². The fourth-order valence-corrected chi connectivity index (χ4v) is 5.82. The quantitative estimate of drug-likeness (QED) is 0.133. The van der Waals surface area contributed by atoms with Crippen LogP contribution in [0.5, 0.6) is 5.75 Å². The molecule has 1 N–H and O–H groups in total. The van der Waals surface area contributed by atoms with Gasteiger partial charge in [0.2, 0.25) is 5.95 Å². The molecule has 1 unspecified atom stereocenters. The van der Waals surface area contributed by atoms with Crippen molar-refractivity contribution in [3.8, 4) is 5.75 Å². The van der Waals surface area contributed by atoms with Gasteiger partial charge in [-0.15, -0.1) is 0 Å². The molecule has 250 valence electrons. The SMILES string of the molecule is COc1cc(Nc2ncc(C(F)(F)F)c(CCOCCC(C)c3ccccc3)n2)ccc1N1CCC(/C(C)=C\CCN(C)C)CC1. The molecule has 2 aromatic carbocycles. The summed E-state index contributed by atoms with van der Waals surface area (Å²) in [6.45, 7) is 7.83. The third-order valence-corrected chi connectivity index (χ3v) is 8.68. The monoisotopic (exact) mass is 639 g/mol. The number of hydrogen-bond donors (Lipinski definition) is 1. The van der Waals surface area contributed by atoms with E-state index in [9.17, 15) is 13.2 Å². The first kappa shape index (κ1) is 35.2. The maximum absolute atomic E-state index is 13.8. The molecule has 1 fully saturated rings. The van der Waals surface area contributed by atoms with Crippen LogP contribution in [0.3, 0.4) is 0 Å². The molecule has 2 heterocycles. The number of piperidine rings is 1. The second kappa shape index (κ2) is 16.8. The van der Waals surface area contributed by atoms with Crippen molar-refractivity contribution in [2.45, 2.75) is 58.0 Å². The van der Waals surface area contributed by atoms with E-state index in [1.165, 1.54) is 11.1 Å². The standard InChI is InChI=1S/C36H48F3N5O2/c1-26(10-9-19-43(3)4)29-15-20-44(21-16-29)33-14-13-30(24-34(33)45-5)41-35-40-25-31(36(37,38)39)32(42-35)18-23-46-22-17-27(2)28-11-7-6-8-12-28/h6-8,10-14,24-25,27,29H,9,15-23H2,1-5H3,(H,40,41,42)/b26-10-. The Morgan fingerprint density at radius 1 is 1.11 bits per heavy atom. The van der Waals surface area contributed by atoms with Gasteiger partial charge in [-0.3, -0.25) is 0 Å². The molecule has 1 aliphatic heterocycles. The molecule has 1 aromatic heterocycles. The molecule has 1 atom stereocenters. The normalized spacial score (nSPS) is 15.3. The summed E-state index contributed by atoms with van der Waals surface area (Å²) >= 11 is 0. The van der Waals surface area contributed by atoms with Crippen LogP contribution in [-0.4, -0.2) is 68.9 Å². The molecule has 0 aliphatic carbocycles. The summed E-state index contributed by atoms with van der Waals surface area (Å²) in [5.74, 6) is 1.65. The minimum Gasteiger partial charge on any atom is -0.495 e. The first-order valence-electron chi connectivity index (χ1n) is 16.1. The van der Waals surface area contributed by atoms with Gasteiger partial charge in [0.15, 0.2) is 0 Å². The fraction of sp³-hybridized carbons (Fsp3) is 0.500. The van der Waals surface area contributed by atoms with E-state index in [2.05, 4.69) is 71.2 Å². The molecule has 4 rings (SSSR count). The van der Waals surface area contributed by atoms with Crippen LogP contribution >= 0.6 is 0 Å². The molecule has 0 saturated carbocycles. The lowest BCUT2D eigenvalue weighted by Crippen LogP contribution is -2.34. The van der Waals surface area contributed by atoms with Gasteiger partial charge in [0.25, 0.3) is 0 Å². The number of nitrogens with one attached hydrogen (secondary N) is 1. The van der Waals surface area contributed by atoms with Crippen LogP contribution in [0.15, 0.2) is 66.4 Å². The smallest absolute Gasteiger partial charge is 0.419 e. The maximum Gasteiger partial charge on any atom is 0.419 e. The Labute approximate surface area is 271 Å². The van der Waals surface area contributed by atoms with Crippen molar-refractivity contribution in [2.75, 3.05) is 64.3 Å². The number of ether oxygens (including phenoxy) is 2. The molecule has 10 heteroatoms. The van der Waals surface area contributed by atoms with Crippen molar-refractivity contribution >= 4 is 17.3 Å². The summed E-state index contributed by atoms with van der Waals surface area (Å²) in [6.07, 6.45) is 2.66. The van der Waals surface area contributed by atoms with Gasteiger partial charge in [0.1, 0.15) is 5.75 Å². The lowest BCUT2D eigenvalue weighted by molar-refractivity contribution is -0.138. The Morgan fingerprint density at radius 3 is 2.52 bits per heavy atom. The van der Waals surface area contributed by atoms with E-state index >= 15 is 0 Å². The zero-order valence-corrected chi connectivity index (χ0v) is 27.7. The highest BCUT2D eigenvalue weighted by molar-refractivity contribution is 5.67. The number of nitrogens with zero attached hydrogens (tertiary/aromatic N) is 4. The van der Waals surface area contributed by atoms with Crippen molar-refractivity contribution in [3.63, 3.8) is 0 Å². The summed E-state index contributed by atoms with van der Waals surface area (Å²) in [6, 6.07) is 15.8. The number of halogens is 3. The van der Waals surface area contributed by atoms with Gasteiger partial charge in [-0.05, 0) is 76.2 Å². The molecule has 0 spiro atoms. The second-order valence-corrected chi connectivity index (χ2v) is 12.3. The van der Waals surface area contributed by atoms with E-state index in [0.29, 0.717) is 29.9 Å². The Balaban J connectivity index is 1.36. The van der Waals surface area contributed by atoms with Gasteiger partial charge in [-0.2, -0.15) is 13.2 Å². The summed E-state index contributed by atoms with van der Waals surface area (Å²) in [4.78, 5) is 12.8. The van der Waals surface area contributed by atoms with E-state index < -0.39 is 11.7 Å². The summed E-state index contributed by atoms with van der Waals surface area (Å²) < 4.78 is 52.8. The van der Waals surface area contributed by atoms with Crippen molar-refractivity contribution < 1.29 is 22.6 Å². The number of benzene rings is 2. The number of hydrogen-bond acceptors (Lipinski definition) is 7. The second-order valence-electron chi connectivity index (χ2n) is 12.3. The predicted octanol–water partition coefficient (Wildman–Crippen LogP) is 8.11. The molecule has 0 radical (unpaired) electrons. The molecule has 1 saturated heterocycles. The van der Waals surface area contributed by atoms with Crippen LogP contribution in [0.1, 0.15) is 62.3 Å². The average molecular weight is 640 g/mol. The van der Waals surface area contributed by atoms with Crippen LogP contribution in [-0.2, 0) is 17.3 Å². The fourth-order valence-electron chi connectivity index (χ4n) is 5.82. The van der Waals surface area contributed by atoms with Gasteiger partial charge in [0, 0.05) is 50.6 Å². The zero-order valence-electron chi connectivity index (χ0n) is 27.7. The average Bonchev–Trinajstić information content (AvgIpc) is 3.04. The molecule has 1 aliphatic rings. The Bertz CT molecular complexity index is 1410. The largest absolute Gasteiger partial charge is 0.495 e. The van der Waals surface area contributed by atoms with E-state index in [4.69, 9.17) is 9.47 Å². The Kier molecular flexibility index (Phi) is 12.9.